The third-order valence-electron chi connectivity index (χ3n) is 3.36. The fourth-order valence-corrected chi connectivity index (χ4v) is 2.50. The van der Waals surface area contributed by atoms with Crippen LogP contribution in [0.3, 0.4) is 0 Å². The molecule has 1 aliphatic heterocycles. The third-order valence-corrected chi connectivity index (χ3v) is 3.61. The van der Waals surface area contributed by atoms with E-state index in [0.29, 0.717) is 11.6 Å². The molecule has 1 fully saturated rings. The van der Waals surface area contributed by atoms with Crippen LogP contribution in [0.4, 0.5) is 0 Å². The molecule has 1 saturated heterocycles. The summed E-state index contributed by atoms with van der Waals surface area (Å²) in [7, 11) is 0. The van der Waals surface area contributed by atoms with Gasteiger partial charge in [-0.15, -0.1) is 0 Å². The minimum absolute atomic E-state index is 0.0144. The smallest absolute Gasteiger partial charge is 0.305 e. The van der Waals surface area contributed by atoms with Crippen LogP contribution in [-0.4, -0.2) is 34.5 Å². The molecular formula is C15H16ClNO3. The fraction of sp³-hybridized carbons (Fsp3) is 0.333. The van der Waals surface area contributed by atoms with Gasteiger partial charge in [0.05, 0.1) is 6.42 Å². The van der Waals surface area contributed by atoms with Gasteiger partial charge >= 0.3 is 5.97 Å². The molecule has 1 aliphatic rings. The predicted octanol–water partition coefficient (Wildman–Crippen LogP) is 2.82. The first-order valence-corrected chi connectivity index (χ1v) is 6.90. The first kappa shape index (κ1) is 14.6. The lowest BCUT2D eigenvalue weighted by Crippen LogP contribution is -2.35. The molecule has 1 N–H and O–H groups in total. The Balaban J connectivity index is 2.00. The second-order valence-corrected chi connectivity index (χ2v) is 5.25. The maximum absolute atomic E-state index is 12.1. The van der Waals surface area contributed by atoms with Gasteiger partial charge in [0.1, 0.15) is 0 Å². The highest BCUT2D eigenvalue weighted by Gasteiger charge is 2.28. The van der Waals surface area contributed by atoms with Crippen LogP contribution in [0.15, 0.2) is 30.3 Å². The van der Waals surface area contributed by atoms with E-state index in [-0.39, 0.29) is 18.4 Å². The standard InChI is InChI=1S/C15H16ClNO3/c16-12-6-3-11(4-7-12)5-8-14(18)17-9-1-2-13(17)10-15(19)20/h3-8,13H,1-2,9-10H2,(H,19,20). The first-order valence-electron chi connectivity index (χ1n) is 6.52. The van der Waals surface area contributed by atoms with Crippen molar-refractivity contribution in [3.63, 3.8) is 0 Å². The molecule has 5 heteroatoms. The molecule has 0 spiro atoms. The number of halogens is 1. The Morgan fingerprint density at radius 2 is 2.05 bits per heavy atom. The highest BCUT2D eigenvalue weighted by atomic mass is 35.5. The highest BCUT2D eigenvalue weighted by molar-refractivity contribution is 6.30. The summed E-state index contributed by atoms with van der Waals surface area (Å²) in [5.41, 5.74) is 0.886. The number of amides is 1. The number of benzene rings is 1. The normalized spacial score (nSPS) is 18.6. The zero-order valence-electron chi connectivity index (χ0n) is 11.0. The van der Waals surface area contributed by atoms with Crippen LogP contribution in [0.5, 0.6) is 0 Å². The number of hydrogen-bond acceptors (Lipinski definition) is 2. The molecule has 2 rings (SSSR count). The van der Waals surface area contributed by atoms with Crippen molar-refractivity contribution < 1.29 is 14.7 Å². The third kappa shape index (κ3) is 3.84. The summed E-state index contributed by atoms with van der Waals surface area (Å²) in [5, 5.41) is 9.49. The maximum Gasteiger partial charge on any atom is 0.305 e. The topological polar surface area (TPSA) is 57.6 Å². The van der Waals surface area contributed by atoms with Gasteiger partial charge in [0.15, 0.2) is 0 Å². The summed E-state index contributed by atoms with van der Waals surface area (Å²) in [6, 6.07) is 6.98. The summed E-state index contributed by atoms with van der Waals surface area (Å²) in [6.07, 6.45) is 4.84. The zero-order valence-corrected chi connectivity index (χ0v) is 11.7. The predicted molar refractivity (Wildman–Crippen MR) is 77.5 cm³/mol. The molecular weight excluding hydrogens is 278 g/mol. The molecule has 1 amide bonds. The Morgan fingerprint density at radius 1 is 1.35 bits per heavy atom. The highest BCUT2D eigenvalue weighted by Crippen LogP contribution is 2.21. The van der Waals surface area contributed by atoms with E-state index in [1.807, 2.05) is 12.1 Å². The van der Waals surface area contributed by atoms with Crippen molar-refractivity contribution >= 4 is 29.6 Å². The second kappa shape index (κ2) is 6.57. The van der Waals surface area contributed by atoms with Crippen molar-refractivity contribution in [2.75, 3.05) is 6.54 Å². The number of likely N-dealkylation sites (tertiary alicyclic amines) is 1. The molecule has 1 heterocycles. The van der Waals surface area contributed by atoms with Gasteiger partial charge in [-0.3, -0.25) is 9.59 Å². The van der Waals surface area contributed by atoms with E-state index < -0.39 is 5.97 Å². The zero-order chi connectivity index (χ0) is 14.5. The Labute approximate surface area is 122 Å². The lowest BCUT2D eigenvalue weighted by Gasteiger charge is -2.21. The van der Waals surface area contributed by atoms with Gasteiger partial charge in [-0.05, 0) is 36.6 Å². The van der Waals surface area contributed by atoms with Crippen molar-refractivity contribution in [1.82, 2.24) is 4.90 Å². The molecule has 1 atom stereocenters. The van der Waals surface area contributed by atoms with Crippen LogP contribution in [0.1, 0.15) is 24.8 Å². The summed E-state index contributed by atoms with van der Waals surface area (Å²) < 4.78 is 0. The van der Waals surface area contributed by atoms with Gasteiger partial charge in [0.2, 0.25) is 5.91 Å². The number of aliphatic carboxylic acids is 1. The van der Waals surface area contributed by atoms with Gasteiger partial charge in [0.25, 0.3) is 0 Å². The van der Waals surface area contributed by atoms with E-state index in [2.05, 4.69) is 0 Å². The lowest BCUT2D eigenvalue weighted by molar-refractivity contribution is -0.139. The molecule has 0 radical (unpaired) electrons. The van der Waals surface area contributed by atoms with E-state index in [4.69, 9.17) is 16.7 Å². The largest absolute Gasteiger partial charge is 0.481 e. The summed E-state index contributed by atoms with van der Waals surface area (Å²) in [5.74, 6) is -1.000. The van der Waals surface area contributed by atoms with Gasteiger partial charge < -0.3 is 10.0 Å². The molecule has 0 aromatic heterocycles. The van der Waals surface area contributed by atoms with Crippen molar-refractivity contribution in [3.05, 3.63) is 40.9 Å². The second-order valence-electron chi connectivity index (χ2n) is 4.81. The van der Waals surface area contributed by atoms with Crippen LogP contribution in [0, 0.1) is 0 Å². The number of carbonyl (C=O) groups excluding carboxylic acids is 1. The Bertz CT molecular complexity index is 524. The van der Waals surface area contributed by atoms with E-state index in [9.17, 15) is 9.59 Å². The van der Waals surface area contributed by atoms with E-state index in [1.165, 1.54) is 6.08 Å². The average molecular weight is 294 g/mol. The summed E-state index contributed by atoms with van der Waals surface area (Å²) >= 11 is 5.79. The number of nitrogens with zero attached hydrogens (tertiary/aromatic N) is 1. The SMILES string of the molecule is O=C(O)CC1CCCN1C(=O)C=Cc1ccc(Cl)cc1. The number of hydrogen-bond donors (Lipinski definition) is 1. The van der Waals surface area contributed by atoms with E-state index in [0.717, 1.165) is 18.4 Å². The fourth-order valence-electron chi connectivity index (χ4n) is 2.38. The van der Waals surface area contributed by atoms with Crippen molar-refractivity contribution in [1.29, 1.82) is 0 Å². The van der Waals surface area contributed by atoms with Crippen molar-refractivity contribution in [2.24, 2.45) is 0 Å². The summed E-state index contributed by atoms with van der Waals surface area (Å²) in [4.78, 5) is 24.5. The molecule has 4 nitrogen and oxygen atoms in total. The Morgan fingerprint density at radius 3 is 2.70 bits per heavy atom. The quantitative estimate of drug-likeness (QED) is 0.869. The molecule has 1 aromatic rings. The van der Waals surface area contributed by atoms with Gasteiger partial charge in [-0.25, -0.2) is 0 Å². The Hall–Kier alpha value is -1.81. The number of carboxylic acids is 1. The number of carboxylic acid groups (broad SMARTS) is 1. The molecule has 0 aliphatic carbocycles. The monoisotopic (exact) mass is 293 g/mol. The molecule has 1 unspecified atom stereocenters. The van der Waals surface area contributed by atoms with Crippen LogP contribution >= 0.6 is 11.6 Å². The van der Waals surface area contributed by atoms with Gasteiger partial charge in [-0.2, -0.15) is 0 Å². The van der Waals surface area contributed by atoms with E-state index >= 15 is 0 Å². The minimum atomic E-state index is -0.864. The number of rotatable bonds is 4. The van der Waals surface area contributed by atoms with Crippen LogP contribution < -0.4 is 0 Å². The maximum atomic E-state index is 12.1. The van der Waals surface area contributed by atoms with Crippen molar-refractivity contribution in [3.8, 4) is 0 Å². The summed E-state index contributed by atoms with van der Waals surface area (Å²) in [6.45, 7) is 0.627. The van der Waals surface area contributed by atoms with Crippen LogP contribution in [-0.2, 0) is 9.59 Å². The van der Waals surface area contributed by atoms with Crippen LogP contribution in [0.25, 0.3) is 6.08 Å². The lowest BCUT2D eigenvalue weighted by atomic mass is 10.1. The van der Waals surface area contributed by atoms with Gasteiger partial charge in [-0.1, -0.05) is 23.7 Å². The van der Waals surface area contributed by atoms with Crippen molar-refractivity contribution in [2.45, 2.75) is 25.3 Å². The molecule has 1 aromatic carbocycles. The van der Waals surface area contributed by atoms with Crippen LogP contribution in [0.2, 0.25) is 5.02 Å². The molecule has 106 valence electrons. The van der Waals surface area contributed by atoms with Gasteiger partial charge in [0, 0.05) is 23.7 Å². The average Bonchev–Trinajstić information content (AvgIpc) is 2.85. The molecule has 20 heavy (non-hydrogen) atoms. The molecule has 0 bridgehead atoms. The molecule has 0 saturated carbocycles. The minimum Gasteiger partial charge on any atom is -0.481 e. The Kier molecular flexibility index (Phi) is 4.79. The van der Waals surface area contributed by atoms with E-state index in [1.54, 1.807) is 23.1 Å². The number of carbonyl (C=O) groups is 2. The first-order chi connectivity index (χ1) is 9.56.